The van der Waals surface area contributed by atoms with E-state index in [1.807, 2.05) is 6.92 Å². The summed E-state index contributed by atoms with van der Waals surface area (Å²) in [4.78, 5) is 16.9. The van der Waals surface area contributed by atoms with Crippen molar-refractivity contribution in [1.82, 2.24) is 19.8 Å². The monoisotopic (exact) mass is 444 g/mol. The van der Waals surface area contributed by atoms with E-state index in [4.69, 9.17) is 9.26 Å². The lowest BCUT2D eigenvalue weighted by Gasteiger charge is -2.12. The molecule has 0 saturated heterocycles. The van der Waals surface area contributed by atoms with Gasteiger partial charge < -0.3 is 9.26 Å². The minimum absolute atomic E-state index is 0.00282. The quantitative estimate of drug-likeness (QED) is 0.414. The number of fused-ring (bicyclic) bond motifs is 1. The van der Waals surface area contributed by atoms with E-state index in [9.17, 15) is 18.0 Å². The van der Waals surface area contributed by atoms with Gasteiger partial charge in [-0.25, -0.2) is 14.3 Å². The highest BCUT2D eigenvalue weighted by atomic mass is 19.4. The summed E-state index contributed by atoms with van der Waals surface area (Å²) in [7, 11) is 0. The van der Waals surface area contributed by atoms with Crippen LogP contribution in [0.2, 0.25) is 0 Å². The number of aryl methyl sites for hydroxylation is 3. The number of nitrogens with zero attached hydrogens (tertiary/aromatic N) is 4. The van der Waals surface area contributed by atoms with Crippen LogP contribution in [-0.2, 0) is 17.3 Å². The molecular weight excluding hydrogens is 425 g/mol. The molecule has 0 unspecified atom stereocenters. The molecule has 3 aromatic heterocycles. The minimum Gasteiger partial charge on any atom is -0.462 e. The van der Waals surface area contributed by atoms with Crippen molar-refractivity contribution in [2.45, 2.75) is 33.4 Å². The number of hydrogen-bond donors (Lipinski definition) is 0. The first-order valence-electron chi connectivity index (χ1n) is 9.77. The smallest absolute Gasteiger partial charge is 0.433 e. The number of hydrogen-bond acceptors (Lipinski definition) is 6. The number of aromatic nitrogens is 4. The molecule has 3 heterocycles. The number of carbonyl (C=O) groups excluding carboxylic acids is 1. The second-order valence-corrected chi connectivity index (χ2v) is 7.37. The maximum Gasteiger partial charge on any atom is 0.433 e. The molecule has 0 fully saturated rings. The Morgan fingerprint density at radius 2 is 1.88 bits per heavy atom. The molecule has 10 heteroatoms. The summed E-state index contributed by atoms with van der Waals surface area (Å²) in [6.07, 6.45) is -3.30. The van der Waals surface area contributed by atoms with E-state index in [0.717, 1.165) is 23.4 Å². The molecule has 32 heavy (non-hydrogen) atoms. The van der Waals surface area contributed by atoms with E-state index in [2.05, 4.69) is 15.2 Å². The molecule has 0 radical (unpaired) electrons. The number of alkyl halides is 3. The topological polar surface area (TPSA) is 82.5 Å². The molecule has 166 valence electrons. The van der Waals surface area contributed by atoms with Crippen LogP contribution in [0.15, 0.2) is 41.1 Å². The fourth-order valence-electron chi connectivity index (χ4n) is 3.36. The van der Waals surface area contributed by atoms with Gasteiger partial charge >= 0.3 is 12.1 Å². The van der Waals surface area contributed by atoms with Crippen molar-refractivity contribution in [3.8, 4) is 11.3 Å². The van der Waals surface area contributed by atoms with Crippen molar-refractivity contribution in [2.24, 2.45) is 0 Å². The molecule has 0 aliphatic heterocycles. The average Bonchev–Trinajstić information content (AvgIpc) is 3.31. The summed E-state index contributed by atoms with van der Waals surface area (Å²) >= 11 is 0. The van der Waals surface area contributed by atoms with Crippen LogP contribution in [0.4, 0.5) is 13.2 Å². The van der Waals surface area contributed by atoms with Crippen LogP contribution < -0.4 is 0 Å². The van der Waals surface area contributed by atoms with Crippen molar-refractivity contribution in [3.05, 3.63) is 70.4 Å². The van der Waals surface area contributed by atoms with Gasteiger partial charge in [0.2, 0.25) is 0 Å². The van der Waals surface area contributed by atoms with E-state index in [1.54, 1.807) is 38.1 Å². The van der Waals surface area contributed by atoms with Gasteiger partial charge in [-0.2, -0.15) is 18.3 Å². The van der Waals surface area contributed by atoms with Crippen molar-refractivity contribution in [3.63, 3.8) is 0 Å². The van der Waals surface area contributed by atoms with Crippen molar-refractivity contribution in [1.29, 1.82) is 0 Å². The zero-order valence-corrected chi connectivity index (χ0v) is 17.5. The fourth-order valence-corrected chi connectivity index (χ4v) is 3.36. The zero-order valence-electron chi connectivity index (χ0n) is 17.5. The SMILES string of the molecule is Cc1ccc(-c2cc(C(F)(F)F)n3ncc(C(=O)OCCc4c(C)noc4C)c3n2)cc1. The second-order valence-electron chi connectivity index (χ2n) is 7.37. The van der Waals surface area contributed by atoms with Gasteiger partial charge in [-0.05, 0) is 26.8 Å². The normalized spacial score (nSPS) is 11.8. The number of rotatable bonds is 5. The van der Waals surface area contributed by atoms with E-state index in [0.29, 0.717) is 28.0 Å². The predicted octanol–water partition coefficient (Wildman–Crippen LogP) is 4.73. The van der Waals surface area contributed by atoms with Crippen LogP contribution in [0.3, 0.4) is 0 Å². The molecule has 7 nitrogen and oxygen atoms in total. The summed E-state index contributed by atoms with van der Waals surface area (Å²) in [5, 5.41) is 7.59. The van der Waals surface area contributed by atoms with Crippen molar-refractivity contribution < 1.29 is 27.2 Å². The van der Waals surface area contributed by atoms with Gasteiger partial charge in [0, 0.05) is 17.5 Å². The van der Waals surface area contributed by atoms with Crippen LogP contribution in [0.5, 0.6) is 0 Å². The summed E-state index contributed by atoms with van der Waals surface area (Å²) in [5.74, 6) is -0.192. The standard InChI is InChI=1S/C22H19F3N4O3/c1-12-4-6-15(7-5-12)18-10-19(22(23,24)25)29-20(27-18)17(11-26-29)21(30)31-9-8-16-13(2)28-32-14(16)3/h4-7,10-11H,8-9H2,1-3H3. The number of esters is 1. The van der Waals surface area contributed by atoms with Crippen LogP contribution in [-0.4, -0.2) is 32.3 Å². The summed E-state index contributed by atoms with van der Waals surface area (Å²) < 4.78 is 52.1. The third kappa shape index (κ3) is 4.08. The molecule has 0 N–H and O–H groups in total. The van der Waals surface area contributed by atoms with E-state index in [-0.39, 0.29) is 23.5 Å². The number of benzene rings is 1. The Balaban J connectivity index is 1.68. The second kappa shape index (κ2) is 8.10. The molecule has 0 atom stereocenters. The molecule has 0 spiro atoms. The Morgan fingerprint density at radius 3 is 2.50 bits per heavy atom. The maximum atomic E-state index is 13.7. The molecule has 1 aromatic carbocycles. The van der Waals surface area contributed by atoms with Gasteiger partial charge in [0.25, 0.3) is 0 Å². The number of ether oxygens (including phenoxy) is 1. The molecular formula is C22H19F3N4O3. The Hall–Kier alpha value is -3.69. The molecule has 0 saturated carbocycles. The van der Waals surface area contributed by atoms with E-state index < -0.39 is 17.8 Å². The third-order valence-corrected chi connectivity index (χ3v) is 5.10. The largest absolute Gasteiger partial charge is 0.462 e. The van der Waals surface area contributed by atoms with Crippen LogP contribution in [0.1, 0.15) is 38.6 Å². The summed E-state index contributed by atoms with van der Waals surface area (Å²) in [5.41, 5.74) is 1.62. The minimum atomic E-state index is -4.70. The highest BCUT2D eigenvalue weighted by Crippen LogP contribution is 2.33. The highest BCUT2D eigenvalue weighted by molar-refractivity contribution is 5.96. The Labute approximate surface area is 180 Å². The van der Waals surface area contributed by atoms with Crippen LogP contribution in [0.25, 0.3) is 16.9 Å². The Morgan fingerprint density at radius 1 is 1.16 bits per heavy atom. The molecule has 0 amide bonds. The number of carbonyl (C=O) groups is 1. The van der Waals surface area contributed by atoms with Gasteiger partial charge in [-0.3, -0.25) is 0 Å². The van der Waals surface area contributed by atoms with E-state index in [1.165, 1.54) is 0 Å². The van der Waals surface area contributed by atoms with Gasteiger partial charge in [0.1, 0.15) is 11.3 Å². The Kier molecular flexibility index (Phi) is 5.45. The highest BCUT2D eigenvalue weighted by Gasteiger charge is 2.36. The first-order valence-corrected chi connectivity index (χ1v) is 9.77. The van der Waals surface area contributed by atoms with Gasteiger partial charge in [-0.15, -0.1) is 0 Å². The molecule has 4 rings (SSSR count). The van der Waals surface area contributed by atoms with Crippen molar-refractivity contribution >= 4 is 11.6 Å². The first kappa shape index (κ1) is 21.5. The fraction of sp³-hybridized carbons (Fsp3) is 0.273. The first-order chi connectivity index (χ1) is 15.1. The summed E-state index contributed by atoms with van der Waals surface area (Å²) in [6, 6.07) is 7.80. The van der Waals surface area contributed by atoms with E-state index >= 15 is 0 Å². The lowest BCUT2D eigenvalue weighted by atomic mass is 10.1. The number of halogens is 3. The molecule has 0 bridgehead atoms. The lowest BCUT2D eigenvalue weighted by molar-refractivity contribution is -0.142. The summed E-state index contributed by atoms with van der Waals surface area (Å²) in [6.45, 7) is 5.39. The van der Waals surface area contributed by atoms with Gasteiger partial charge in [0.15, 0.2) is 11.3 Å². The van der Waals surface area contributed by atoms with Gasteiger partial charge in [-0.1, -0.05) is 35.0 Å². The Bertz CT molecular complexity index is 1270. The van der Waals surface area contributed by atoms with Gasteiger partial charge in [0.05, 0.1) is 24.2 Å². The zero-order chi connectivity index (χ0) is 23.0. The molecule has 0 aliphatic rings. The molecule has 0 aliphatic carbocycles. The maximum absolute atomic E-state index is 13.7. The lowest BCUT2D eigenvalue weighted by Crippen LogP contribution is -2.15. The average molecular weight is 444 g/mol. The van der Waals surface area contributed by atoms with Crippen molar-refractivity contribution in [2.75, 3.05) is 6.61 Å². The molecule has 4 aromatic rings. The predicted molar refractivity (Wildman–Crippen MR) is 108 cm³/mol. The third-order valence-electron chi connectivity index (χ3n) is 5.10. The van der Waals surface area contributed by atoms with Crippen LogP contribution in [0, 0.1) is 20.8 Å². The van der Waals surface area contributed by atoms with Crippen LogP contribution >= 0.6 is 0 Å².